The molecule has 4 fully saturated rings. The third kappa shape index (κ3) is 1.45. The highest BCUT2D eigenvalue weighted by atomic mass is 14.8. The van der Waals surface area contributed by atoms with E-state index < -0.39 is 0 Å². The molecule has 0 aliphatic heterocycles. The van der Waals surface area contributed by atoms with Crippen LogP contribution in [0.2, 0.25) is 0 Å². The Morgan fingerprint density at radius 2 is 1.89 bits per heavy atom. The molecule has 4 N–H and O–H groups in total. The van der Waals surface area contributed by atoms with Crippen molar-refractivity contribution in [3.05, 3.63) is 0 Å². The highest BCUT2D eigenvalue weighted by molar-refractivity contribution is 5.24. The molecule has 0 radical (unpaired) electrons. The quantitative estimate of drug-likeness (QED) is 0.804. The van der Waals surface area contributed by atoms with Crippen molar-refractivity contribution in [1.29, 1.82) is 0 Å². The molecule has 4 saturated carbocycles. The van der Waals surface area contributed by atoms with Crippen LogP contribution in [0.15, 0.2) is 0 Å². The summed E-state index contributed by atoms with van der Waals surface area (Å²) in [5.74, 6) is 2.99. The van der Waals surface area contributed by atoms with E-state index >= 15 is 0 Å². The minimum absolute atomic E-state index is 0.435. The zero-order chi connectivity index (χ0) is 13.3. The molecule has 108 valence electrons. The topological polar surface area (TPSA) is 52.0 Å². The van der Waals surface area contributed by atoms with Crippen LogP contribution in [0.25, 0.3) is 0 Å². The van der Waals surface area contributed by atoms with Crippen LogP contribution in [0.5, 0.6) is 0 Å². The molecule has 2 heteroatoms. The number of nitrogens with two attached hydrogens (primary N) is 2. The molecule has 6 atom stereocenters. The van der Waals surface area contributed by atoms with Gasteiger partial charge < -0.3 is 11.5 Å². The van der Waals surface area contributed by atoms with Gasteiger partial charge in [-0.15, -0.1) is 0 Å². The number of hydrogen-bond acceptors (Lipinski definition) is 2. The molecule has 19 heavy (non-hydrogen) atoms. The fourth-order valence-corrected chi connectivity index (χ4v) is 6.77. The normalized spacial score (nSPS) is 59.2. The third-order valence-electron chi connectivity index (χ3n) is 7.94. The van der Waals surface area contributed by atoms with Gasteiger partial charge in [0, 0.05) is 0 Å². The molecule has 0 amide bonds. The lowest BCUT2D eigenvalue weighted by atomic mass is 9.62. The van der Waals surface area contributed by atoms with Crippen molar-refractivity contribution in [3.63, 3.8) is 0 Å². The number of rotatable bonds is 2. The van der Waals surface area contributed by atoms with Crippen LogP contribution >= 0.6 is 0 Å². The summed E-state index contributed by atoms with van der Waals surface area (Å²) in [5.41, 5.74) is 14.0. The summed E-state index contributed by atoms with van der Waals surface area (Å²) in [6, 6.07) is 0. The lowest BCUT2D eigenvalue weighted by molar-refractivity contribution is 0.0668. The zero-order valence-electron chi connectivity index (χ0n) is 12.5. The molecule has 4 aliphatic rings. The molecule has 0 heterocycles. The Labute approximate surface area is 117 Å². The lowest BCUT2D eigenvalue weighted by Gasteiger charge is -2.44. The van der Waals surface area contributed by atoms with E-state index in [1.807, 2.05) is 0 Å². The summed E-state index contributed by atoms with van der Waals surface area (Å²) in [5, 5.41) is 0. The Morgan fingerprint density at radius 3 is 2.63 bits per heavy atom. The molecule has 0 aromatic rings. The van der Waals surface area contributed by atoms with Crippen molar-refractivity contribution in [2.75, 3.05) is 13.1 Å². The molecule has 0 aromatic carbocycles. The fraction of sp³-hybridized carbons (Fsp3) is 1.00. The van der Waals surface area contributed by atoms with E-state index in [1.54, 1.807) is 0 Å². The van der Waals surface area contributed by atoms with Gasteiger partial charge in [0.2, 0.25) is 0 Å². The van der Waals surface area contributed by atoms with Gasteiger partial charge in [0.25, 0.3) is 0 Å². The second kappa shape index (κ2) is 3.76. The first kappa shape index (κ1) is 12.6. The average Bonchev–Trinajstić information content (AvgIpc) is 2.96. The van der Waals surface area contributed by atoms with Crippen molar-refractivity contribution in [1.82, 2.24) is 0 Å². The van der Waals surface area contributed by atoms with Gasteiger partial charge in [0.05, 0.1) is 0 Å². The van der Waals surface area contributed by atoms with Crippen LogP contribution in [0.4, 0.5) is 0 Å². The number of fused-ring (bicyclic) bond motifs is 3. The maximum Gasteiger partial charge on any atom is -0.00149 e. The van der Waals surface area contributed by atoms with Gasteiger partial charge in [-0.1, -0.05) is 19.8 Å². The molecule has 4 rings (SSSR count). The lowest BCUT2D eigenvalue weighted by Crippen LogP contribution is -2.40. The summed E-state index contributed by atoms with van der Waals surface area (Å²) in [6.07, 6.45) is 11.5. The monoisotopic (exact) mass is 262 g/mol. The first-order valence-corrected chi connectivity index (χ1v) is 8.48. The molecule has 6 unspecified atom stereocenters. The van der Waals surface area contributed by atoms with Crippen molar-refractivity contribution in [2.24, 2.45) is 45.5 Å². The highest BCUT2D eigenvalue weighted by Crippen LogP contribution is 2.81. The molecule has 4 aliphatic carbocycles. The van der Waals surface area contributed by atoms with E-state index in [4.69, 9.17) is 11.5 Å². The molecule has 2 bridgehead atoms. The van der Waals surface area contributed by atoms with Crippen molar-refractivity contribution in [2.45, 2.75) is 58.3 Å². The Kier molecular flexibility index (Phi) is 2.50. The predicted molar refractivity (Wildman–Crippen MR) is 78.5 cm³/mol. The van der Waals surface area contributed by atoms with E-state index in [-0.39, 0.29) is 0 Å². The van der Waals surface area contributed by atoms with Gasteiger partial charge in [0.1, 0.15) is 0 Å². The summed E-state index contributed by atoms with van der Waals surface area (Å²) in [7, 11) is 0. The Morgan fingerprint density at radius 1 is 1.05 bits per heavy atom. The van der Waals surface area contributed by atoms with Crippen LogP contribution in [0, 0.1) is 34.0 Å². The first-order chi connectivity index (χ1) is 9.08. The number of hydrogen-bond donors (Lipinski definition) is 2. The molecule has 2 nitrogen and oxygen atoms in total. The van der Waals surface area contributed by atoms with Gasteiger partial charge in [-0.2, -0.15) is 0 Å². The third-order valence-corrected chi connectivity index (χ3v) is 7.94. The van der Waals surface area contributed by atoms with Crippen molar-refractivity contribution < 1.29 is 0 Å². The van der Waals surface area contributed by atoms with Gasteiger partial charge in [-0.25, -0.2) is 0 Å². The summed E-state index contributed by atoms with van der Waals surface area (Å²) < 4.78 is 0. The van der Waals surface area contributed by atoms with E-state index in [0.717, 1.165) is 30.8 Å². The van der Waals surface area contributed by atoms with Crippen LogP contribution in [-0.4, -0.2) is 13.1 Å². The van der Waals surface area contributed by atoms with Crippen molar-refractivity contribution in [3.8, 4) is 0 Å². The van der Waals surface area contributed by atoms with Gasteiger partial charge in [-0.05, 0) is 85.6 Å². The summed E-state index contributed by atoms with van der Waals surface area (Å²) in [4.78, 5) is 0. The van der Waals surface area contributed by atoms with E-state index in [1.165, 1.54) is 51.4 Å². The molecular weight excluding hydrogens is 232 g/mol. The highest BCUT2D eigenvalue weighted by Gasteiger charge is 2.74. The van der Waals surface area contributed by atoms with E-state index in [9.17, 15) is 0 Å². The van der Waals surface area contributed by atoms with E-state index in [2.05, 4.69) is 6.92 Å². The summed E-state index contributed by atoms with van der Waals surface area (Å²) in [6.45, 7) is 4.27. The molecule has 0 aromatic heterocycles. The van der Waals surface area contributed by atoms with Crippen molar-refractivity contribution >= 4 is 0 Å². The van der Waals surface area contributed by atoms with Crippen LogP contribution in [-0.2, 0) is 0 Å². The Balaban J connectivity index is 1.66. The van der Waals surface area contributed by atoms with Crippen LogP contribution < -0.4 is 11.5 Å². The van der Waals surface area contributed by atoms with Gasteiger partial charge >= 0.3 is 0 Å². The maximum absolute atomic E-state index is 6.21. The fourth-order valence-electron chi connectivity index (χ4n) is 6.77. The van der Waals surface area contributed by atoms with E-state index in [0.29, 0.717) is 16.2 Å². The smallest absolute Gasteiger partial charge is 0.00149 e. The molecule has 1 spiro atoms. The summed E-state index contributed by atoms with van der Waals surface area (Å²) >= 11 is 0. The van der Waals surface area contributed by atoms with Gasteiger partial charge in [-0.3, -0.25) is 0 Å². The second-order valence-corrected chi connectivity index (χ2v) is 8.70. The second-order valence-electron chi connectivity index (χ2n) is 8.70. The predicted octanol–water partition coefficient (Wildman–Crippen LogP) is 2.91. The average molecular weight is 262 g/mol. The SMILES string of the molecule is CC1(CN)CCC2C(C1)C1CCCC3(CN)CC23C1. The molecule has 0 saturated heterocycles. The largest absolute Gasteiger partial charge is 0.330 e. The van der Waals surface area contributed by atoms with Gasteiger partial charge in [0.15, 0.2) is 0 Å². The van der Waals surface area contributed by atoms with Crippen LogP contribution in [0.1, 0.15) is 58.3 Å². The molecular formula is C17H30N2. The first-order valence-electron chi connectivity index (χ1n) is 8.48. The minimum Gasteiger partial charge on any atom is -0.330 e. The zero-order valence-corrected chi connectivity index (χ0v) is 12.5. The standard InChI is InChI=1S/C17H30N2/c1-15(10-18)6-4-14-13(8-15)12-3-2-5-16(11-19)9-17(14,16)7-12/h12-14H,2-11,18-19H2,1H3. The van der Waals surface area contributed by atoms with Crippen LogP contribution in [0.3, 0.4) is 0 Å². The minimum atomic E-state index is 0.435. The maximum atomic E-state index is 6.21. The Bertz CT molecular complexity index is 395. The Hall–Kier alpha value is -0.0800.